The predicted octanol–water partition coefficient (Wildman–Crippen LogP) is 6.33. The fraction of sp³-hybridized carbons (Fsp3) is 0.520. The molecule has 0 saturated heterocycles. The number of nitrogens with zero attached hydrogens (tertiary/aromatic N) is 1. The molecular formula is C25H37NO2. The first kappa shape index (κ1) is 22.3. The van der Waals surface area contributed by atoms with Gasteiger partial charge in [-0.05, 0) is 69.2 Å². The van der Waals surface area contributed by atoms with Gasteiger partial charge in [0, 0.05) is 0 Å². The van der Waals surface area contributed by atoms with Crippen LogP contribution in [0.3, 0.4) is 0 Å². The first-order valence-electron chi connectivity index (χ1n) is 10.9. The smallest absolute Gasteiger partial charge is 0.120 e. The zero-order chi connectivity index (χ0) is 19.9. The summed E-state index contributed by atoms with van der Waals surface area (Å²) in [4.78, 5) is 2.46. The predicted molar refractivity (Wildman–Crippen MR) is 118 cm³/mol. The van der Waals surface area contributed by atoms with E-state index < -0.39 is 0 Å². The Morgan fingerprint density at radius 2 is 1.29 bits per heavy atom. The molecule has 0 saturated carbocycles. The summed E-state index contributed by atoms with van der Waals surface area (Å²) in [5.41, 5.74) is 1.18. The summed E-state index contributed by atoms with van der Waals surface area (Å²) in [5, 5.41) is 0. The Morgan fingerprint density at radius 1 is 0.679 bits per heavy atom. The summed E-state index contributed by atoms with van der Waals surface area (Å²) < 4.78 is 11.7. The molecule has 0 aliphatic carbocycles. The van der Waals surface area contributed by atoms with Crippen LogP contribution in [0.2, 0.25) is 0 Å². The van der Waals surface area contributed by atoms with Crippen LogP contribution in [0.5, 0.6) is 11.5 Å². The lowest BCUT2D eigenvalue weighted by Crippen LogP contribution is -2.20. The van der Waals surface area contributed by atoms with Crippen molar-refractivity contribution in [2.24, 2.45) is 0 Å². The number of rotatable bonds is 15. The van der Waals surface area contributed by atoms with Crippen molar-refractivity contribution in [3.63, 3.8) is 0 Å². The van der Waals surface area contributed by atoms with Crippen molar-refractivity contribution in [1.29, 1.82) is 0 Å². The van der Waals surface area contributed by atoms with Crippen molar-refractivity contribution in [1.82, 2.24) is 4.90 Å². The summed E-state index contributed by atoms with van der Waals surface area (Å²) in [6, 6.07) is 18.2. The van der Waals surface area contributed by atoms with Crippen LogP contribution in [-0.4, -0.2) is 31.6 Å². The van der Waals surface area contributed by atoms with E-state index in [0.717, 1.165) is 24.5 Å². The number of benzene rings is 2. The Bertz CT molecular complexity index is 612. The topological polar surface area (TPSA) is 21.7 Å². The van der Waals surface area contributed by atoms with Gasteiger partial charge in [-0.1, -0.05) is 62.9 Å². The molecule has 3 heteroatoms. The quantitative estimate of drug-likeness (QED) is 0.336. The highest BCUT2D eigenvalue weighted by molar-refractivity contribution is 5.31. The van der Waals surface area contributed by atoms with Crippen LogP contribution in [0, 0.1) is 0 Å². The highest BCUT2D eigenvalue weighted by Crippen LogP contribution is 2.19. The van der Waals surface area contributed by atoms with Crippen LogP contribution >= 0.6 is 0 Å². The van der Waals surface area contributed by atoms with E-state index >= 15 is 0 Å². The molecule has 2 aromatic rings. The van der Waals surface area contributed by atoms with E-state index in [9.17, 15) is 0 Å². The second-order valence-corrected chi connectivity index (χ2v) is 7.52. The summed E-state index contributed by atoms with van der Waals surface area (Å²) in [6.45, 7) is 6.11. The molecule has 2 rings (SSSR count). The van der Waals surface area contributed by atoms with Crippen LogP contribution in [0.4, 0.5) is 0 Å². The molecule has 3 nitrogen and oxygen atoms in total. The van der Waals surface area contributed by atoms with E-state index in [1.807, 2.05) is 42.5 Å². The zero-order valence-electron chi connectivity index (χ0n) is 17.7. The standard InChI is InChI=1S/C25H37NO2/c1-3-4-19-26(2)20-11-6-5-7-12-21-27-24-15-17-25(18-16-24)28-22-23-13-9-8-10-14-23/h8-10,13-18H,3-7,11-12,19-22H2,1-2H3. The summed E-state index contributed by atoms with van der Waals surface area (Å²) in [6.07, 6.45) is 8.91. The van der Waals surface area contributed by atoms with Gasteiger partial charge in [0.05, 0.1) is 6.61 Å². The molecule has 0 N–H and O–H groups in total. The molecule has 0 aliphatic rings. The second kappa shape index (κ2) is 14.1. The lowest BCUT2D eigenvalue weighted by molar-refractivity contribution is 0.294. The van der Waals surface area contributed by atoms with Gasteiger partial charge in [-0.25, -0.2) is 0 Å². The highest BCUT2D eigenvalue weighted by atomic mass is 16.5. The second-order valence-electron chi connectivity index (χ2n) is 7.52. The lowest BCUT2D eigenvalue weighted by Gasteiger charge is -2.15. The van der Waals surface area contributed by atoms with Crippen LogP contribution in [0.25, 0.3) is 0 Å². The largest absolute Gasteiger partial charge is 0.494 e. The third-order valence-electron chi connectivity index (χ3n) is 4.92. The minimum absolute atomic E-state index is 0.593. The molecule has 28 heavy (non-hydrogen) atoms. The Balaban J connectivity index is 1.49. The number of hydrogen-bond donors (Lipinski definition) is 0. The summed E-state index contributed by atoms with van der Waals surface area (Å²) >= 11 is 0. The van der Waals surface area contributed by atoms with Gasteiger partial charge in [-0.15, -0.1) is 0 Å². The molecule has 0 atom stereocenters. The maximum absolute atomic E-state index is 5.85. The lowest BCUT2D eigenvalue weighted by atomic mass is 10.1. The summed E-state index contributed by atoms with van der Waals surface area (Å²) in [5.74, 6) is 1.80. The van der Waals surface area contributed by atoms with Crippen molar-refractivity contribution in [2.45, 2.75) is 58.5 Å². The molecule has 0 aliphatic heterocycles. The van der Waals surface area contributed by atoms with E-state index in [4.69, 9.17) is 9.47 Å². The maximum atomic E-state index is 5.85. The van der Waals surface area contributed by atoms with E-state index in [1.165, 1.54) is 57.2 Å². The van der Waals surface area contributed by atoms with E-state index in [0.29, 0.717) is 6.61 Å². The van der Waals surface area contributed by atoms with Crippen LogP contribution in [0.1, 0.15) is 57.4 Å². The fourth-order valence-corrected chi connectivity index (χ4v) is 3.12. The van der Waals surface area contributed by atoms with E-state index in [1.54, 1.807) is 0 Å². The Hall–Kier alpha value is -2.00. The fourth-order valence-electron chi connectivity index (χ4n) is 3.12. The van der Waals surface area contributed by atoms with E-state index in [-0.39, 0.29) is 0 Å². The zero-order valence-corrected chi connectivity index (χ0v) is 17.7. The molecule has 154 valence electrons. The minimum atomic E-state index is 0.593. The molecule has 0 amide bonds. The SMILES string of the molecule is CCCCN(C)CCCCCCCOc1ccc(OCc2ccccc2)cc1. The third kappa shape index (κ3) is 9.80. The number of ether oxygens (including phenoxy) is 2. The molecule has 0 aromatic heterocycles. The van der Waals surface area contributed by atoms with E-state index in [2.05, 4.69) is 31.0 Å². The molecule has 0 unspecified atom stereocenters. The molecule has 0 spiro atoms. The van der Waals surface area contributed by atoms with Gasteiger partial charge in [-0.3, -0.25) is 0 Å². The summed E-state index contributed by atoms with van der Waals surface area (Å²) in [7, 11) is 2.24. The van der Waals surface area contributed by atoms with Gasteiger partial charge < -0.3 is 14.4 Å². The first-order chi connectivity index (χ1) is 13.8. The van der Waals surface area contributed by atoms with Crippen molar-refractivity contribution in [3.05, 3.63) is 60.2 Å². The van der Waals surface area contributed by atoms with Gasteiger partial charge in [0.25, 0.3) is 0 Å². The normalized spacial score (nSPS) is 11.0. The van der Waals surface area contributed by atoms with Crippen LogP contribution in [0.15, 0.2) is 54.6 Å². The van der Waals surface area contributed by atoms with Gasteiger partial charge in [0.15, 0.2) is 0 Å². The average Bonchev–Trinajstić information content (AvgIpc) is 2.74. The highest BCUT2D eigenvalue weighted by Gasteiger charge is 1.99. The van der Waals surface area contributed by atoms with Crippen molar-refractivity contribution in [3.8, 4) is 11.5 Å². The maximum Gasteiger partial charge on any atom is 0.120 e. The van der Waals surface area contributed by atoms with Crippen molar-refractivity contribution in [2.75, 3.05) is 26.7 Å². The molecular weight excluding hydrogens is 346 g/mol. The minimum Gasteiger partial charge on any atom is -0.494 e. The van der Waals surface area contributed by atoms with Crippen molar-refractivity contribution < 1.29 is 9.47 Å². The molecule has 0 fully saturated rings. The van der Waals surface area contributed by atoms with Crippen LogP contribution < -0.4 is 9.47 Å². The molecule has 2 aromatic carbocycles. The number of hydrogen-bond acceptors (Lipinski definition) is 3. The van der Waals surface area contributed by atoms with Crippen LogP contribution in [-0.2, 0) is 6.61 Å². The Labute approximate surface area is 171 Å². The Kier molecular flexibility index (Phi) is 11.2. The van der Waals surface area contributed by atoms with Gasteiger partial charge in [-0.2, -0.15) is 0 Å². The average molecular weight is 384 g/mol. The van der Waals surface area contributed by atoms with Gasteiger partial charge in [0.2, 0.25) is 0 Å². The molecule has 0 heterocycles. The van der Waals surface area contributed by atoms with Gasteiger partial charge >= 0.3 is 0 Å². The monoisotopic (exact) mass is 383 g/mol. The molecule has 0 bridgehead atoms. The van der Waals surface area contributed by atoms with Gasteiger partial charge in [0.1, 0.15) is 18.1 Å². The molecule has 0 radical (unpaired) electrons. The number of unbranched alkanes of at least 4 members (excludes halogenated alkanes) is 5. The third-order valence-corrected chi connectivity index (χ3v) is 4.92. The first-order valence-corrected chi connectivity index (χ1v) is 10.9. The van der Waals surface area contributed by atoms with Crippen molar-refractivity contribution >= 4 is 0 Å². The Morgan fingerprint density at radius 3 is 2.00 bits per heavy atom.